The van der Waals surface area contributed by atoms with Gasteiger partial charge in [0.05, 0.1) is 18.6 Å². The zero-order chi connectivity index (χ0) is 18.8. The van der Waals surface area contributed by atoms with Crippen LogP contribution in [0.2, 0.25) is 0 Å². The predicted octanol–water partition coefficient (Wildman–Crippen LogP) is 2.90. The molecule has 8 heteroatoms. The van der Waals surface area contributed by atoms with Crippen molar-refractivity contribution in [1.82, 2.24) is 19.9 Å². The molecule has 138 valence electrons. The molecule has 0 radical (unpaired) electrons. The average molecular weight is 382 g/mol. The molecule has 0 aliphatic rings. The largest absolute Gasteiger partial charge is 0.467 e. The van der Waals surface area contributed by atoms with Crippen LogP contribution in [0.5, 0.6) is 0 Å². The number of carbonyl (C=O) groups is 1. The normalized spacial score (nSPS) is 11.3. The summed E-state index contributed by atoms with van der Waals surface area (Å²) in [6.45, 7) is 2.70. The Morgan fingerprint density at radius 2 is 2.15 bits per heavy atom. The lowest BCUT2D eigenvalue weighted by Gasteiger charge is -2.09. The molecule has 27 heavy (non-hydrogen) atoms. The van der Waals surface area contributed by atoms with Gasteiger partial charge in [-0.3, -0.25) is 14.2 Å². The average Bonchev–Trinajstić information content (AvgIpc) is 3.33. The number of benzene rings is 1. The van der Waals surface area contributed by atoms with E-state index in [2.05, 4.69) is 15.3 Å². The van der Waals surface area contributed by atoms with Gasteiger partial charge in [-0.25, -0.2) is 4.98 Å². The van der Waals surface area contributed by atoms with Gasteiger partial charge < -0.3 is 14.7 Å². The Bertz CT molecular complexity index is 1160. The number of hydrogen-bond donors (Lipinski definition) is 2. The van der Waals surface area contributed by atoms with Gasteiger partial charge in [0, 0.05) is 17.4 Å². The highest BCUT2D eigenvalue weighted by atomic mass is 32.2. The van der Waals surface area contributed by atoms with E-state index in [1.54, 1.807) is 23.0 Å². The number of rotatable bonds is 6. The lowest BCUT2D eigenvalue weighted by Crippen LogP contribution is -2.26. The highest BCUT2D eigenvalue weighted by molar-refractivity contribution is 7.99. The van der Waals surface area contributed by atoms with Crippen LogP contribution in [-0.4, -0.2) is 26.2 Å². The number of furan rings is 1. The molecule has 0 aliphatic carbocycles. The van der Waals surface area contributed by atoms with Gasteiger partial charge in [0.2, 0.25) is 5.91 Å². The van der Waals surface area contributed by atoms with E-state index < -0.39 is 0 Å². The highest BCUT2D eigenvalue weighted by Gasteiger charge is 2.16. The molecule has 0 fully saturated rings. The minimum absolute atomic E-state index is 0.128. The molecule has 0 atom stereocenters. The number of fused-ring (bicyclic) bond motifs is 3. The molecule has 3 heterocycles. The summed E-state index contributed by atoms with van der Waals surface area (Å²) in [6.07, 6.45) is 1.57. The predicted molar refractivity (Wildman–Crippen MR) is 105 cm³/mol. The number of aromatic nitrogens is 3. The third-order valence-corrected chi connectivity index (χ3v) is 5.24. The van der Waals surface area contributed by atoms with Gasteiger partial charge in [-0.15, -0.1) is 0 Å². The van der Waals surface area contributed by atoms with Gasteiger partial charge in [-0.1, -0.05) is 30.0 Å². The first-order valence-corrected chi connectivity index (χ1v) is 9.59. The molecular formula is C19H18N4O3S. The maximum Gasteiger partial charge on any atom is 0.278 e. The van der Waals surface area contributed by atoms with Crippen LogP contribution in [0.15, 0.2) is 57.0 Å². The Morgan fingerprint density at radius 3 is 2.93 bits per heavy atom. The van der Waals surface area contributed by atoms with E-state index in [-0.39, 0.29) is 17.2 Å². The maximum atomic E-state index is 12.8. The molecular weight excluding hydrogens is 364 g/mol. The number of carbonyl (C=O) groups excluding carboxylic acids is 1. The fourth-order valence-corrected chi connectivity index (χ4v) is 3.83. The van der Waals surface area contributed by atoms with Crippen molar-refractivity contribution in [2.45, 2.75) is 25.2 Å². The summed E-state index contributed by atoms with van der Waals surface area (Å²) in [6, 6.07) is 11.3. The fraction of sp³-hybridized carbons (Fsp3) is 0.211. The summed E-state index contributed by atoms with van der Waals surface area (Å²) in [4.78, 5) is 32.8. The molecule has 2 N–H and O–H groups in total. The Labute approximate surface area is 158 Å². The van der Waals surface area contributed by atoms with E-state index in [1.165, 1.54) is 11.8 Å². The first kappa shape index (κ1) is 17.4. The maximum absolute atomic E-state index is 12.8. The van der Waals surface area contributed by atoms with Gasteiger partial charge in [0.1, 0.15) is 16.8 Å². The third kappa shape index (κ3) is 3.35. The molecule has 0 saturated carbocycles. The first-order chi connectivity index (χ1) is 13.2. The van der Waals surface area contributed by atoms with Crippen LogP contribution >= 0.6 is 11.8 Å². The molecule has 1 amide bonds. The van der Waals surface area contributed by atoms with Gasteiger partial charge in [0.25, 0.3) is 5.56 Å². The van der Waals surface area contributed by atoms with Gasteiger partial charge in [-0.05, 0) is 25.1 Å². The van der Waals surface area contributed by atoms with Crippen LogP contribution in [0, 0.1) is 0 Å². The van der Waals surface area contributed by atoms with Crippen molar-refractivity contribution in [2.75, 3.05) is 5.75 Å². The lowest BCUT2D eigenvalue weighted by molar-refractivity contribution is -0.118. The number of H-pyrrole nitrogens is 1. The number of nitrogens with one attached hydrogen (secondary N) is 2. The number of thioether (sulfide) groups is 1. The summed E-state index contributed by atoms with van der Waals surface area (Å²) in [7, 11) is 0. The molecule has 0 bridgehead atoms. The zero-order valence-corrected chi connectivity index (χ0v) is 15.5. The number of para-hydroxylation sites is 1. The highest BCUT2D eigenvalue weighted by Crippen LogP contribution is 2.24. The van der Waals surface area contributed by atoms with E-state index in [1.807, 2.05) is 31.2 Å². The Morgan fingerprint density at radius 1 is 1.30 bits per heavy atom. The first-order valence-electron chi connectivity index (χ1n) is 8.60. The van der Waals surface area contributed by atoms with Crippen LogP contribution in [-0.2, 0) is 17.9 Å². The molecule has 3 aromatic heterocycles. The van der Waals surface area contributed by atoms with Crippen LogP contribution in [0.3, 0.4) is 0 Å². The van der Waals surface area contributed by atoms with Crippen molar-refractivity contribution < 1.29 is 9.21 Å². The molecule has 1 aromatic carbocycles. The molecule has 0 spiro atoms. The van der Waals surface area contributed by atoms with Gasteiger partial charge in [0.15, 0.2) is 5.16 Å². The second kappa shape index (κ2) is 7.32. The van der Waals surface area contributed by atoms with Crippen molar-refractivity contribution in [3.63, 3.8) is 0 Å². The molecule has 4 aromatic rings. The SMILES string of the molecule is CCn1c(SCC(=O)NCc2ccco2)nc2c([nH]c3ccccc32)c1=O. The number of hydrogen-bond acceptors (Lipinski definition) is 5. The van der Waals surface area contributed by atoms with Crippen molar-refractivity contribution in [1.29, 1.82) is 0 Å². The number of nitrogens with zero attached hydrogens (tertiary/aromatic N) is 2. The minimum atomic E-state index is -0.146. The molecule has 7 nitrogen and oxygen atoms in total. The van der Waals surface area contributed by atoms with Crippen molar-refractivity contribution >= 4 is 39.6 Å². The molecule has 4 rings (SSSR count). The summed E-state index contributed by atoms with van der Waals surface area (Å²) in [5.41, 5.74) is 1.87. The van der Waals surface area contributed by atoms with Crippen LogP contribution in [0.4, 0.5) is 0 Å². The summed E-state index contributed by atoms with van der Waals surface area (Å²) < 4.78 is 6.78. The van der Waals surface area contributed by atoms with E-state index in [0.717, 1.165) is 10.9 Å². The summed E-state index contributed by atoms with van der Waals surface area (Å²) in [5.74, 6) is 0.713. The van der Waals surface area contributed by atoms with Crippen molar-refractivity contribution in [3.05, 3.63) is 58.8 Å². The second-order valence-electron chi connectivity index (χ2n) is 5.98. The smallest absolute Gasteiger partial charge is 0.278 e. The number of amides is 1. The summed E-state index contributed by atoms with van der Waals surface area (Å²) in [5, 5.41) is 4.23. The van der Waals surface area contributed by atoms with Crippen molar-refractivity contribution in [3.8, 4) is 0 Å². The monoisotopic (exact) mass is 382 g/mol. The number of aromatic amines is 1. The Kier molecular flexibility index (Phi) is 4.72. The Hall–Kier alpha value is -3.00. The van der Waals surface area contributed by atoms with E-state index in [0.29, 0.717) is 35.0 Å². The van der Waals surface area contributed by atoms with Crippen LogP contribution in [0.25, 0.3) is 21.9 Å². The van der Waals surface area contributed by atoms with Crippen LogP contribution in [0.1, 0.15) is 12.7 Å². The molecule has 0 unspecified atom stereocenters. The molecule has 0 saturated heterocycles. The van der Waals surface area contributed by atoms with E-state index in [4.69, 9.17) is 4.42 Å². The standard InChI is InChI=1S/C19H18N4O3S/c1-2-23-18(25)17-16(13-7-3-4-8-14(13)21-17)22-19(23)27-11-15(24)20-10-12-6-5-9-26-12/h3-9,21H,2,10-11H2,1H3,(H,20,24). The summed E-state index contributed by atoms with van der Waals surface area (Å²) >= 11 is 1.25. The lowest BCUT2D eigenvalue weighted by atomic mass is 10.2. The topological polar surface area (TPSA) is 92.9 Å². The third-order valence-electron chi connectivity index (χ3n) is 4.26. The second-order valence-corrected chi connectivity index (χ2v) is 6.93. The fourth-order valence-electron chi connectivity index (χ4n) is 2.94. The zero-order valence-electron chi connectivity index (χ0n) is 14.7. The van der Waals surface area contributed by atoms with Gasteiger partial charge in [-0.2, -0.15) is 0 Å². The van der Waals surface area contributed by atoms with Crippen molar-refractivity contribution in [2.24, 2.45) is 0 Å². The van der Waals surface area contributed by atoms with E-state index >= 15 is 0 Å². The molecule has 0 aliphatic heterocycles. The van der Waals surface area contributed by atoms with Gasteiger partial charge >= 0.3 is 0 Å². The quantitative estimate of drug-likeness (QED) is 0.395. The minimum Gasteiger partial charge on any atom is -0.467 e. The van der Waals surface area contributed by atoms with E-state index in [9.17, 15) is 9.59 Å². The van der Waals surface area contributed by atoms with Crippen LogP contribution < -0.4 is 10.9 Å². The Balaban J connectivity index is 1.59.